The minimum absolute atomic E-state index is 0.0160. The predicted octanol–water partition coefficient (Wildman–Crippen LogP) is 1.85. The standard InChI is InChI=1S/C22H20N4O4/c1-9-13(22(29)26-7-6-10(23)8-26)16-17(24)14-15(18(25)21(16)30-9)20(28)12-5-3-2-4-11(12)19(14)27/h2-5,10H,6-8,23-25H2,1H3/t10-/m0/s1. The van der Waals surface area contributed by atoms with Gasteiger partial charge in [-0.3, -0.25) is 14.4 Å². The Morgan fingerprint density at radius 2 is 1.67 bits per heavy atom. The van der Waals surface area contributed by atoms with Crippen LogP contribution in [-0.4, -0.2) is 41.5 Å². The van der Waals surface area contributed by atoms with Crippen LogP contribution in [-0.2, 0) is 0 Å². The average Bonchev–Trinajstić information content (AvgIpc) is 3.32. The van der Waals surface area contributed by atoms with Crippen LogP contribution < -0.4 is 17.2 Å². The number of hydrogen-bond donors (Lipinski definition) is 3. The molecule has 0 unspecified atom stereocenters. The Bertz CT molecular complexity index is 1290. The van der Waals surface area contributed by atoms with Gasteiger partial charge in [-0.15, -0.1) is 0 Å². The topological polar surface area (TPSA) is 146 Å². The number of hydrogen-bond acceptors (Lipinski definition) is 7. The highest BCUT2D eigenvalue weighted by Gasteiger charge is 2.38. The summed E-state index contributed by atoms with van der Waals surface area (Å²) in [5.41, 5.74) is 19.7. The number of nitrogen functional groups attached to an aromatic ring is 2. The summed E-state index contributed by atoms with van der Waals surface area (Å²) < 4.78 is 5.81. The first-order chi connectivity index (χ1) is 14.3. The first-order valence-electron chi connectivity index (χ1n) is 9.68. The van der Waals surface area contributed by atoms with E-state index in [4.69, 9.17) is 21.6 Å². The normalized spacial score (nSPS) is 18.1. The second kappa shape index (κ2) is 6.17. The van der Waals surface area contributed by atoms with E-state index in [0.717, 1.165) is 0 Å². The molecule has 2 aliphatic rings. The number of ketones is 2. The molecule has 1 amide bonds. The molecule has 0 spiro atoms. The third-order valence-corrected chi connectivity index (χ3v) is 5.98. The minimum atomic E-state index is -0.397. The van der Waals surface area contributed by atoms with Crippen LogP contribution in [0.4, 0.5) is 11.4 Å². The maximum absolute atomic E-state index is 13.2. The number of fused-ring (bicyclic) bond motifs is 3. The van der Waals surface area contributed by atoms with E-state index in [1.165, 1.54) is 0 Å². The molecule has 3 aromatic rings. The lowest BCUT2D eigenvalue weighted by atomic mass is 9.81. The number of amides is 1. The van der Waals surface area contributed by atoms with Crippen molar-refractivity contribution in [2.45, 2.75) is 19.4 Å². The Balaban J connectivity index is 1.79. The van der Waals surface area contributed by atoms with Crippen molar-refractivity contribution >= 4 is 39.8 Å². The van der Waals surface area contributed by atoms with E-state index in [2.05, 4.69) is 0 Å². The van der Waals surface area contributed by atoms with Gasteiger partial charge in [-0.1, -0.05) is 24.3 Å². The maximum Gasteiger partial charge on any atom is 0.258 e. The molecule has 6 N–H and O–H groups in total. The maximum atomic E-state index is 13.2. The highest BCUT2D eigenvalue weighted by Crippen LogP contribution is 2.44. The van der Waals surface area contributed by atoms with Crippen LogP contribution in [0.15, 0.2) is 28.7 Å². The lowest BCUT2D eigenvalue weighted by Crippen LogP contribution is -2.32. The summed E-state index contributed by atoms with van der Waals surface area (Å²) in [5, 5.41) is 0.273. The summed E-state index contributed by atoms with van der Waals surface area (Å²) >= 11 is 0. The molecule has 1 aliphatic carbocycles. The Morgan fingerprint density at radius 1 is 1.07 bits per heavy atom. The van der Waals surface area contributed by atoms with Gasteiger partial charge in [-0.05, 0) is 13.3 Å². The summed E-state index contributed by atoms with van der Waals surface area (Å²) in [6.45, 7) is 2.59. The molecule has 2 aromatic carbocycles. The van der Waals surface area contributed by atoms with Gasteiger partial charge in [0.25, 0.3) is 5.91 Å². The summed E-state index contributed by atoms with van der Waals surface area (Å²) in [4.78, 5) is 41.2. The monoisotopic (exact) mass is 404 g/mol. The Kier molecular flexibility index (Phi) is 3.78. The number of furan rings is 1. The Morgan fingerprint density at radius 3 is 2.23 bits per heavy atom. The van der Waals surface area contributed by atoms with Crippen molar-refractivity contribution in [3.05, 3.63) is 57.8 Å². The number of rotatable bonds is 1. The molecule has 1 fully saturated rings. The third-order valence-electron chi connectivity index (χ3n) is 5.98. The highest BCUT2D eigenvalue weighted by atomic mass is 16.3. The number of aryl methyl sites for hydroxylation is 1. The van der Waals surface area contributed by atoms with Gasteiger partial charge in [0, 0.05) is 30.3 Å². The van der Waals surface area contributed by atoms with Crippen LogP contribution in [0.2, 0.25) is 0 Å². The third kappa shape index (κ3) is 2.28. The molecule has 2 heterocycles. The zero-order chi connectivity index (χ0) is 21.3. The Labute approximate surface area is 171 Å². The van der Waals surface area contributed by atoms with Crippen LogP contribution in [0.3, 0.4) is 0 Å². The van der Waals surface area contributed by atoms with Crippen molar-refractivity contribution in [2.75, 3.05) is 24.6 Å². The number of benzene rings is 2. The average molecular weight is 404 g/mol. The minimum Gasteiger partial charge on any atom is -0.458 e. The van der Waals surface area contributed by atoms with E-state index >= 15 is 0 Å². The molecule has 0 saturated carbocycles. The molecule has 1 aromatic heterocycles. The lowest BCUT2D eigenvalue weighted by molar-refractivity contribution is 0.0790. The number of nitrogens with two attached hydrogens (primary N) is 3. The molecule has 1 aliphatic heterocycles. The molecular weight excluding hydrogens is 384 g/mol. The van der Waals surface area contributed by atoms with Crippen molar-refractivity contribution in [3.8, 4) is 0 Å². The van der Waals surface area contributed by atoms with Gasteiger partial charge in [-0.2, -0.15) is 0 Å². The number of anilines is 2. The fourth-order valence-electron chi connectivity index (χ4n) is 4.51. The molecule has 152 valence electrons. The van der Waals surface area contributed by atoms with Crippen molar-refractivity contribution in [1.29, 1.82) is 0 Å². The first-order valence-corrected chi connectivity index (χ1v) is 9.68. The smallest absolute Gasteiger partial charge is 0.258 e. The SMILES string of the molecule is Cc1oc2c(N)c3c(c(N)c2c1C(=O)N1CC[C@H](N)C1)C(=O)c1ccccc1C3=O. The summed E-state index contributed by atoms with van der Waals surface area (Å²) in [6, 6.07) is 6.44. The predicted molar refractivity (Wildman–Crippen MR) is 112 cm³/mol. The highest BCUT2D eigenvalue weighted by molar-refractivity contribution is 6.35. The first kappa shape index (κ1) is 18.4. The van der Waals surface area contributed by atoms with Crippen LogP contribution in [0.25, 0.3) is 11.0 Å². The van der Waals surface area contributed by atoms with E-state index < -0.39 is 11.6 Å². The van der Waals surface area contributed by atoms with Gasteiger partial charge in [0.15, 0.2) is 17.1 Å². The number of likely N-dealkylation sites (tertiary alicyclic amines) is 1. The quantitative estimate of drug-likeness (QED) is 0.324. The van der Waals surface area contributed by atoms with Gasteiger partial charge < -0.3 is 26.5 Å². The molecule has 1 atom stereocenters. The molecule has 30 heavy (non-hydrogen) atoms. The zero-order valence-corrected chi connectivity index (χ0v) is 16.3. The van der Waals surface area contributed by atoms with E-state index in [9.17, 15) is 14.4 Å². The van der Waals surface area contributed by atoms with Gasteiger partial charge in [0.1, 0.15) is 5.76 Å². The fourth-order valence-corrected chi connectivity index (χ4v) is 4.51. The molecule has 5 rings (SSSR count). The lowest BCUT2D eigenvalue weighted by Gasteiger charge is -2.21. The summed E-state index contributed by atoms with van der Waals surface area (Å²) in [7, 11) is 0. The largest absolute Gasteiger partial charge is 0.458 e. The van der Waals surface area contributed by atoms with Gasteiger partial charge in [-0.25, -0.2) is 0 Å². The van der Waals surface area contributed by atoms with Gasteiger partial charge in [0.05, 0.1) is 33.5 Å². The second-order valence-corrected chi connectivity index (χ2v) is 7.82. The second-order valence-electron chi connectivity index (χ2n) is 7.82. The van der Waals surface area contributed by atoms with Crippen molar-refractivity contribution < 1.29 is 18.8 Å². The van der Waals surface area contributed by atoms with Crippen molar-refractivity contribution in [3.63, 3.8) is 0 Å². The Hall–Kier alpha value is -3.65. The zero-order valence-electron chi connectivity index (χ0n) is 16.3. The van der Waals surface area contributed by atoms with Gasteiger partial charge >= 0.3 is 0 Å². The van der Waals surface area contributed by atoms with Crippen LogP contribution >= 0.6 is 0 Å². The van der Waals surface area contributed by atoms with E-state index in [1.54, 1.807) is 36.1 Å². The van der Waals surface area contributed by atoms with Crippen LogP contribution in [0, 0.1) is 6.92 Å². The van der Waals surface area contributed by atoms with Gasteiger partial charge in [0.2, 0.25) is 0 Å². The summed E-state index contributed by atoms with van der Waals surface area (Å²) in [5.74, 6) is -0.737. The van der Waals surface area contributed by atoms with Crippen LogP contribution in [0.1, 0.15) is 54.4 Å². The van der Waals surface area contributed by atoms with E-state index in [1.807, 2.05) is 0 Å². The van der Waals surface area contributed by atoms with E-state index in [-0.39, 0.29) is 62.1 Å². The number of carbonyl (C=O) groups excluding carboxylic acids is 3. The number of nitrogens with zero attached hydrogens (tertiary/aromatic N) is 1. The van der Waals surface area contributed by atoms with Crippen molar-refractivity contribution in [2.24, 2.45) is 5.73 Å². The molecule has 1 saturated heterocycles. The molecule has 8 nitrogen and oxygen atoms in total. The van der Waals surface area contributed by atoms with Crippen molar-refractivity contribution in [1.82, 2.24) is 4.90 Å². The molecule has 0 radical (unpaired) electrons. The van der Waals surface area contributed by atoms with E-state index in [0.29, 0.717) is 25.3 Å². The molecular formula is C22H20N4O4. The molecule has 0 bridgehead atoms. The number of carbonyl (C=O) groups is 3. The molecule has 8 heteroatoms. The van der Waals surface area contributed by atoms with Crippen LogP contribution in [0.5, 0.6) is 0 Å². The fraction of sp³-hybridized carbons (Fsp3) is 0.227. The summed E-state index contributed by atoms with van der Waals surface area (Å²) in [6.07, 6.45) is 0.706.